The van der Waals surface area contributed by atoms with Gasteiger partial charge in [0.05, 0.1) is 17.7 Å². The Morgan fingerprint density at radius 3 is 2.59 bits per heavy atom. The molecular weight excluding hydrogens is 411 g/mol. The number of carbonyl (C=O) groups is 1. The Kier molecular flexibility index (Phi) is 8.52. The first-order valence-electron chi connectivity index (χ1n) is 9.88. The first-order chi connectivity index (χ1) is 13.2. The Balaban J connectivity index is 0.00000150. The predicted octanol–water partition coefficient (Wildman–Crippen LogP) is 3.68. The van der Waals surface area contributed by atoms with Crippen molar-refractivity contribution < 1.29 is 9.53 Å². The van der Waals surface area contributed by atoms with E-state index in [1.54, 1.807) is 7.11 Å². The van der Waals surface area contributed by atoms with E-state index in [9.17, 15) is 4.79 Å². The smallest absolute Gasteiger partial charge is 0.233 e. The summed E-state index contributed by atoms with van der Waals surface area (Å²) in [6.07, 6.45) is 7.25. The number of fused-ring (bicyclic) bond motifs is 1. The maximum Gasteiger partial charge on any atom is 0.233 e. The molecule has 160 valence electrons. The Hall–Kier alpha value is -1.60. The molecule has 0 saturated carbocycles. The fraction of sp³-hybridized carbons (Fsp3) is 0.524. The van der Waals surface area contributed by atoms with Crippen molar-refractivity contribution in [1.29, 1.82) is 0 Å². The normalized spacial score (nSPS) is 17.4. The molecule has 6 nitrogen and oxygen atoms in total. The molecule has 29 heavy (non-hydrogen) atoms. The van der Waals surface area contributed by atoms with Crippen molar-refractivity contribution in [2.45, 2.75) is 38.6 Å². The second-order valence-corrected chi connectivity index (χ2v) is 7.69. The Bertz CT molecular complexity index is 773. The highest BCUT2D eigenvalue weighted by atomic mass is 35.5. The van der Waals surface area contributed by atoms with Crippen LogP contribution in [0, 0.1) is 5.41 Å². The largest absolute Gasteiger partial charge is 0.384 e. The van der Waals surface area contributed by atoms with Crippen LogP contribution >= 0.6 is 24.8 Å². The van der Waals surface area contributed by atoms with E-state index in [0.717, 1.165) is 55.8 Å². The summed E-state index contributed by atoms with van der Waals surface area (Å²) in [7, 11) is 1.66. The van der Waals surface area contributed by atoms with Crippen LogP contribution in [0.1, 0.15) is 31.5 Å². The minimum absolute atomic E-state index is 0. The van der Waals surface area contributed by atoms with Crippen molar-refractivity contribution in [3.8, 4) is 11.3 Å². The van der Waals surface area contributed by atoms with Crippen molar-refractivity contribution in [2.75, 3.05) is 32.1 Å². The van der Waals surface area contributed by atoms with Gasteiger partial charge in [0, 0.05) is 37.5 Å². The number of imidazole rings is 1. The number of aryl methyl sites for hydroxylation is 2. The minimum Gasteiger partial charge on any atom is -0.384 e. The average Bonchev–Trinajstić information content (AvgIpc) is 3.14. The topological polar surface area (TPSA) is 68.2 Å². The molecular formula is C21H30Cl2N4O2. The lowest BCUT2D eigenvalue weighted by Crippen LogP contribution is -2.47. The van der Waals surface area contributed by atoms with Gasteiger partial charge >= 0.3 is 0 Å². The second-order valence-electron chi connectivity index (χ2n) is 7.69. The number of nitrogens with zero attached hydrogens (tertiary/aromatic N) is 2. The number of hydrogen-bond donors (Lipinski definition) is 2. The molecule has 1 amide bonds. The van der Waals surface area contributed by atoms with E-state index in [2.05, 4.69) is 21.4 Å². The van der Waals surface area contributed by atoms with Crippen molar-refractivity contribution in [3.05, 3.63) is 36.3 Å². The van der Waals surface area contributed by atoms with E-state index in [0.29, 0.717) is 6.61 Å². The third kappa shape index (κ3) is 5.12. The van der Waals surface area contributed by atoms with Crippen LogP contribution in [0.2, 0.25) is 0 Å². The fourth-order valence-corrected chi connectivity index (χ4v) is 4.16. The van der Waals surface area contributed by atoms with Gasteiger partial charge in [0.25, 0.3) is 0 Å². The lowest BCUT2D eigenvalue weighted by Gasteiger charge is -2.35. The third-order valence-corrected chi connectivity index (χ3v) is 5.81. The molecule has 1 fully saturated rings. The number of amides is 1. The van der Waals surface area contributed by atoms with Crippen LogP contribution in [-0.2, 0) is 22.5 Å². The molecule has 1 aromatic carbocycles. The summed E-state index contributed by atoms with van der Waals surface area (Å²) in [5, 5.41) is 6.41. The quantitative estimate of drug-likeness (QED) is 0.743. The summed E-state index contributed by atoms with van der Waals surface area (Å²) in [6, 6.07) is 8.01. The molecule has 2 aliphatic rings. The number of halogens is 2. The van der Waals surface area contributed by atoms with Gasteiger partial charge in [-0.15, -0.1) is 24.8 Å². The third-order valence-electron chi connectivity index (χ3n) is 5.81. The number of piperidine rings is 1. The maximum atomic E-state index is 12.9. The lowest BCUT2D eigenvalue weighted by atomic mass is 9.78. The average molecular weight is 441 g/mol. The second kappa shape index (κ2) is 10.4. The van der Waals surface area contributed by atoms with Crippen LogP contribution < -0.4 is 10.6 Å². The minimum atomic E-state index is -0.443. The SMILES string of the molecule is COCC1(C(=O)Nc2ccc(-c3cn4c(n3)CCCC4)cc2)CCNCC1.Cl.Cl. The Labute approximate surface area is 184 Å². The summed E-state index contributed by atoms with van der Waals surface area (Å²) < 4.78 is 7.63. The molecule has 0 radical (unpaired) electrons. The molecule has 8 heteroatoms. The fourth-order valence-electron chi connectivity index (χ4n) is 4.16. The lowest BCUT2D eigenvalue weighted by molar-refractivity contribution is -0.130. The molecule has 2 aliphatic heterocycles. The Morgan fingerprint density at radius 2 is 1.93 bits per heavy atom. The highest BCUT2D eigenvalue weighted by molar-refractivity contribution is 5.95. The zero-order chi connectivity index (χ0) is 18.7. The van der Waals surface area contributed by atoms with Crippen LogP contribution in [-0.4, -0.2) is 42.3 Å². The number of rotatable bonds is 5. The summed E-state index contributed by atoms with van der Waals surface area (Å²) in [6.45, 7) is 3.22. The van der Waals surface area contributed by atoms with E-state index in [1.165, 1.54) is 18.7 Å². The summed E-state index contributed by atoms with van der Waals surface area (Å²) >= 11 is 0. The first-order valence-corrected chi connectivity index (χ1v) is 9.88. The predicted molar refractivity (Wildman–Crippen MR) is 120 cm³/mol. The van der Waals surface area contributed by atoms with Crippen molar-refractivity contribution in [2.24, 2.45) is 5.41 Å². The van der Waals surface area contributed by atoms with Gasteiger partial charge < -0.3 is 19.9 Å². The highest BCUT2D eigenvalue weighted by Crippen LogP contribution is 2.31. The molecule has 3 heterocycles. The van der Waals surface area contributed by atoms with Crippen LogP contribution in [0.15, 0.2) is 30.5 Å². The van der Waals surface area contributed by atoms with Crippen LogP contribution in [0.4, 0.5) is 5.69 Å². The Morgan fingerprint density at radius 1 is 1.21 bits per heavy atom. The van der Waals surface area contributed by atoms with Crippen LogP contribution in [0.5, 0.6) is 0 Å². The van der Waals surface area contributed by atoms with Gasteiger partial charge in [0.1, 0.15) is 5.82 Å². The van der Waals surface area contributed by atoms with Crippen molar-refractivity contribution >= 4 is 36.4 Å². The van der Waals surface area contributed by atoms with Crippen LogP contribution in [0.25, 0.3) is 11.3 Å². The molecule has 4 rings (SSSR count). The summed E-state index contributed by atoms with van der Waals surface area (Å²) in [5.74, 6) is 1.23. The molecule has 1 saturated heterocycles. The monoisotopic (exact) mass is 440 g/mol. The molecule has 1 aromatic heterocycles. The number of ether oxygens (including phenoxy) is 1. The van der Waals surface area contributed by atoms with E-state index in [1.807, 2.05) is 24.3 Å². The molecule has 0 unspecified atom stereocenters. The number of hydrogen-bond acceptors (Lipinski definition) is 4. The molecule has 0 atom stereocenters. The van der Waals surface area contributed by atoms with Crippen molar-refractivity contribution in [3.63, 3.8) is 0 Å². The van der Waals surface area contributed by atoms with E-state index >= 15 is 0 Å². The standard InChI is InChI=1S/C21H28N4O2.2ClH/c1-27-15-21(9-11-22-12-10-21)20(26)23-17-7-5-16(6-8-17)18-14-25-13-3-2-4-19(25)24-18;;/h5-8,14,22H,2-4,9-13,15H2,1H3,(H,23,26);2*1H. The summed E-state index contributed by atoms with van der Waals surface area (Å²) in [5.41, 5.74) is 2.48. The van der Waals surface area contributed by atoms with Gasteiger partial charge in [-0.3, -0.25) is 4.79 Å². The number of aromatic nitrogens is 2. The number of nitrogens with one attached hydrogen (secondary N) is 2. The number of carbonyl (C=O) groups excluding carboxylic acids is 1. The van der Waals surface area contributed by atoms with Crippen LogP contribution in [0.3, 0.4) is 0 Å². The zero-order valence-electron chi connectivity index (χ0n) is 16.8. The maximum absolute atomic E-state index is 12.9. The van der Waals surface area contributed by atoms with E-state index in [-0.39, 0.29) is 30.7 Å². The van der Waals surface area contributed by atoms with E-state index < -0.39 is 5.41 Å². The first kappa shape index (κ1) is 23.7. The number of benzene rings is 1. The molecule has 0 spiro atoms. The number of anilines is 1. The zero-order valence-corrected chi connectivity index (χ0v) is 18.4. The van der Waals surface area contributed by atoms with Gasteiger partial charge in [0.2, 0.25) is 5.91 Å². The van der Waals surface area contributed by atoms with Gasteiger partial charge in [0.15, 0.2) is 0 Å². The molecule has 0 bridgehead atoms. The van der Waals surface area contributed by atoms with Gasteiger partial charge in [-0.1, -0.05) is 12.1 Å². The van der Waals surface area contributed by atoms with Gasteiger partial charge in [-0.05, 0) is 50.9 Å². The molecule has 0 aliphatic carbocycles. The number of methoxy groups -OCH3 is 1. The van der Waals surface area contributed by atoms with Gasteiger partial charge in [-0.2, -0.15) is 0 Å². The molecule has 2 N–H and O–H groups in total. The van der Waals surface area contributed by atoms with Crippen molar-refractivity contribution in [1.82, 2.24) is 14.9 Å². The van der Waals surface area contributed by atoms with Gasteiger partial charge in [-0.25, -0.2) is 4.98 Å². The highest BCUT2D eigenvalue weighted by Gasteiger charge is 2.39. The molecule has 2 aromatic rings. The van der Waals surface area contributed by atoms with E-state index in [4.69, 9.17) is 9.72 Å². The summed E-state index contributed by atoms with van der Waals surface area (Å²) in [4.78, 5) is 17.7.